The fraction of sp³-hybridized carbons (Fsp3) is 0.438. The Hall–Kier alpha value is -2.12. The van der Waals surface area contributed by atoms with Gasteiger partial charge in [-0.05, 0) is 30.5 Å². The lowest BCUT2D eigenvalue weighted by Crippen LogP contribution is -2.37. The minimum absolute atomic E-state index is 0.0526. The van der Waals surface area contributed by atoms with Gasteiger partial charge in [0.15, 0.2) is 0 Å². The summed E-state index contributed by atoms with van der Waals surface area (Å²) in [5, 5.41) is 21.7. The molecule has 0 aliphatic heterocycles. The van der Waals surface area contributed by atoms with Crippen LogP contribution in [0.1, 0.15) is 31.2 Å². The van der Waals surface area contributed by atoms with Crippen molar-refractivity contribution in [1.82, 2.24) is 10.6 Å². The van der Waals surface area contributed by atoms with E-state index in [0.29, 0.717) is 24.2 Å². The normalized spacial score (nSPS) is 13.7. The second-order valence-electron chi connectivity index (χ2n) is 5.38. The van der Waals surface area contributed by atoms with Gasteiger partial charge >= 0.3 is 11.9 Å². The summed E-state index contributed by atoms with van der Waals surface area (Å²) in [5.41, 5.74) is 1.06. The Bertz CT molecular complexity index is 544. The summed E-state index contributed by atoms with van der Waals surface area (Å²) >= 11 is 5.80. The van der Waals surface area contributed by atoms with Crippen LogP contribution in [0.3, 0.4) is 0 Å². The van der Waals surface area contributed by atoms with Gasteiger partial charge in [-0.25, -0.2) is 9.59 Å². The smallest absolute Gasteiger partial charge is 0.414 e. The van der Waals surface area contributed by atoms with Crippen LogP contribution in [0, 0.1) is 0 Å². The van der Waals surface area contributed by atoms with Crippen molar-refractivity contribution in [2.24, 2.45) is 0 Å². The van der Waals surface area contributed by atoms with Crippen molar-refractivity contribution in [3.05, 3.63) is 34.9 Å². The topological polar surface area (TPSA) is 116 Å². The lowest BCUT2D eigenvalue weighted by Gasteiger charge is -2.11. The molecule has 2 rings (SSSR count). The average Bonchev–Trinajstić information content (AvgIpc) is 3.06. The molecule has 1 aromatic carbocycles. The van der Waals surface area contributed by atoms with Gasteiger partial charge in [0.25, 0.3) is 0 Å². The number of carbonyl (C=O) groups is 3. The van der Waals surface area contributed by atoms with Crippen molar-refractivity contribution in [2.45, 2.75) is 38.3 Å². The van der Waals surface area contributed by atoms with E-state index in [9.17, 15) is 4.79 Å². The Morgan fingerprint density at radius 3 is 2.08 bits per heavy atom. The summed E-state index contributed by atoms with van der Waals surface area (Å²) in [5.74, 6) is -3.60. The molecule has 0 radical (unpaired) electrons. The van der Waals surface area contributed by atoms with Gasteiger partial charge in [0.2, 0.25) is 5.91 Å². The van der Waals surface area contributed by atoms with Crippen molar-refractivity contribution in [2.75, 3.05) is 6.54 Å². The molecule has 1 amide bonds. The summed E-state index contributed by atoms with van der Waals surface area (Å²) < 4.78 is 0. The van der Waals surface area contributed by atoms with Gasteiger partial charge in [-0.15, -0.1) is 0 Å². The quantitative estimate of drug-likeness (QED) is 0.596. The van der Waals surface area contributed by atoms with Crippen LogP contribution in [-0.2, 0) is 20.9 Å². The molecule has 1 aromatic rings. The third kappa shape index (κ3) is 8.50. The predicted octanol–water partition coefficient (Wildman–Crippen LogP) is 1.64. The van der Waals surface area contributed by atoms with Crippen LogP contribution in [0.5, 0.6) is 0 Å². The molecule has 1 saturated carbocycles. The number of amides is 1. The van der Waals surface area contributed by atoms with Gasteiger partial charge in [0.1, 0.15) is 0 Å². The molecule has 0 atom stereocenters. The fourth-order valence-electron chi connectivity index (χ4n) is 2.23. The minimum atomic E-state index is -1.82. The van der Waals surface area contributed by atoms with Gasteiger partial charge in [0, 0.05) is 17.6 Å². The van der Waals surface area contributed by atoms with E-state index in [4.69, 9.17) is 31.4 Å². The van der Waals surface area contributed by atoms with E-state index in [1.807, 2.05) is 24.3 Å². The van der Waals surface area contributed by atoms with Gasteiger partial charge < -0.3 is 20.8 Å². The van der Waals surface area contributed by atoms with Crippen LogP contribution in [0.4, 0.5) is 0 Å². The Kier molecular flexibility index (Phi) is 8.81. The first-order valence-corrected chi connectivity index (χ1v) is 7.97. The van der Waals surface area contributed by atoms with E-state index >= 15 is 0 Å². The molecule has 4 N–H and O–H groups in total. The molecular weight excluding hydrogens is 336 g/mol. The third-order valence-corrected chi connectivity index (χ3v) is 3.74. The summed E-state index contributed by atoms with van der Waals surface area (Å²) in [6, 6.07) is 8.05. The lowest BCUT2D eigenvalue weighted by molar-refractivity contribution is -0.159. The van der Waals surface area contributed by atoms with Gasteiger partial charge in [-0.2, -0.15) is 0 Å². The number of carbonyl (C=O) groups excluding carboxylic acids is 1. The van der Waals surface area contributed by atoms with Crippen molar-refractivity contribution in [3.63, 3.8) is 0 Å². The Labute approximate surface area is 145 Å². The number of rotatable bonds is 5. The maximum absolute atomic E-state index is 11.6. The van der Waals surface area contributed by atoms with Gasteiger partial charge in [-0.3, -0.25) is 4.79 Å². The van der Waals surface area contributed by atoms with Crippen molar-refractivity contribution >= 4 is 29.4 Å². The van der Waals surface area contributed by atoms with Crippen LogP contribution >= 0.6 is 11.6 Å². The van der Waals surface area contributed by atoms with E-state index in [1.165, 1.54) is 25.7 Å². The molecule has 8 heteroatoms. The largest absolute Gasteiger partial charge is 0.473 e. The predicted molar refractivity (Wildman–Crippen MR) is 88.8 cm³/mol. The molecule has 0 bridgehead atoms. The van der Waals surface area contributed by atoms with E-state index in [2.05, 4.69) is 10.6 Å². The Balaban J connectivity index is 0.000000413. The lowest BCUT2D eigenvalue weighted by atomic mass is 10.2. The summed E-state index contributed by atoms with van der Waals surface area (Å²) in [6.45, 7) is 0.973. The highest BCUT2D eigenvalue weighted by Gasteiger charge is 2.14. The second kappa shape index (κ2) is 10.6. The Morgan fingerprint density at radius 1 is 1.04 bits per heavy atom. The highest BCUT2D eigenvalue weighted by Crippen LogP contribution is 2.17. The van der Waals surface area contributed by atoms with Crippen molar-refractivity contribution in [3.8, 4) is 0 Å². The number of hydrogen-bond acceptors (Lipinski definition) is 4. The molecule has 132 valence electrons. The van der Waals surface area contributed by atoms with E-state index in [0.717, 1.165) is 5.56 Å². The number of carboxylic acids is 2. The number of nitrogens with one attached hydrogen (secondary N) is 2. The van der Waals surface area contributed by atoms with Gasteiger partial charge in [0.05, 0.1) is 6.54 Å². The minimum Gasteiger partial charge on any atom is -0.473 e. The standard InChI is InChI=1S/C14H19ClN2O.C2H2O4/c15-12-7-5-11(6-8-12)9-17-14(18)10-16-13-3-1-2-4-13;3-1(4)2(5)6/h5-8,13,16H,1-4,9-10H2,(H,17,18);(H,3,4)(H,5,6). The first kappa shape index (κ1) is 19.9. The van der Waals surface area contributed by atoms with Crippen molar-refractivity contribution < 1.29 is 24.6 Å². The van der Waals surface area contributed by atoms with Gasteiger partial charge in [-0.1, -0.05) is 36.6 Å². The maximum Gasteiger partial charge on any atom is 0.414 e. The van der Waals surface area contributed by atoms with E-state index in [-0.39, 0.29) is 5.91 Å². The molecule has 7 nitrogen and oxygen atoms in total. The van der Waals surface area contributed by atoms with Crippen LogP contribution in [0.2, 0.25) is 5.02 Å². The second-order valence-corrected chi connectivity index (χ2v) is 5.81. The number of benzene rings is 1. The zero-order valence-corrected chi connectivity index (χ0v) is 13.9. The highest BCUT2D eigenvalue weighted by atomic mass is 35.5. The SMILES string of the molecule is O=C(CNC1CCCC1)NCc1ccc(Cl)cc1.O=C(O)C(=O)O. The molecule has 0 saturated heterocycles. The molecule has 0 unspecified atom stereocenters. The summed E-state index contributed by atoms with van der Waals surface area (Å²) in [7, 11) is 0. The molecule has 0 spiro atoms. The molecular formula is C16H21ClN2O5. The highest BCUT2D eigenvalue weighted by molar-refractivity contribution is 6.30. The monoisotopic (exact) mass is 356 g/mol. The van der Waals surface area contributed by atoms with E-state index in [1.54, 1.807) is 0 Å². The summed E-state index contributed by atoms with van der Waals surface area (Å²) in [6.07, 6.45) is 4.96. The molecule has 0 aromatic heterocycles. The molecule has 1 fully saturated rings. The first-order valence-electron chi connectivity index (χ1n) is 7.59. The molecule has 1 aliphatic carbocycles. The maximum atomic E-state index is 11.6. The van der Waals surface area contributed by atoms with E-state index < -0.39 is 11.9 Å². The Morgan fingerprint density at radius 2 is 1.58 bits per heavy atom. The zero-order chi connectivity index (χ0) is 17.9. The van der Waals surface area contributed by atoms with Crippen molar-refractivity contribution in [1.29, 1.82) is 0 Å². The average molecular weight is 357 g/mol. The first-order chi connectivity index (χ1) is 11.4. The molecule has 0 heterocycles. The number of hydrogen-bond donors (Lipinski definition) is 4. The number of carboxylic acid groups (broad SMARTS) is 2. The molecule has 1 aliphatic rings. The molecule has 24 heavy (non-hydrogen) atoms. The number of halogens is 1. The zero-order valence-electron chi connectivity index (χ0n) is 13.1. The number of aliphatic carboxylic acids is 2. The summed E-state index contributed by atoms with van der Waals surface area (Å²) in [4.78, 5) is 29.8. The van der Waals surface area contributed by atoms with Crippen LogP contribution < -0.4 is 10.6 Å². The van der Waals surface area contributed by atoms with Crippen LogP contribution in [0.25, 0.3) is 0 Å². The van der Waals surface area contributed by atoms with Crippen LogP contribution in [-0.4, -0.2) is 40.6 Å². The fourth-order valence-corrected chi connectivity index (χ4v) is 2.36. The third-order valence-electron chi connectivity index (χ3n) is 3.49. The van der Waals surface area contributed by atoms with Crippen LogP contribution in [0.15, 0.2) is 24.3 Å².